The third-order valence-electron chi connectivity index (χ3n) is 4.91. The van der Waals surface area contributed by atoms with E-state index in [1.54, 1.807) is 7.11 Å². The first kappa shape index (κ1) is 14.8. The van der Waals surface area contributed by atoms with Crippen molar-refractivity contribution in [2.45, 2.75) is 25.9 Å². The van der Waals surface area contributed by atoms with Gasteiger partial charge >= 0.3 is 0 Å². The molecular formula is C16H26N4O. The number of hydrogen-bond acceptors (Lipinski definition) is 5. The molecule has 0 aromatic heterocycles. The maximum absolute atomic E-state index is 5.95. The van der Waals surface area contributed by atoms with Crippen LogP contribution in [0, 0.1) is 13.8 Å². The molecule has 4 rings (SSSR count). The zero-order valence-electron chi connectivity index (χ0n) is 13.2. The van der Waals surface area contributed by atoms with E-state index in [2.05, 4.69) is 41.2 Å². The topological polar surface area (TPSA) is 53.8 Å². The number of nitrogens with zero attached hydrogens (tertiary/aromatic N) is 2. The third-order valence-corrected chi connectivity index (χ3v) is 4.91. The minimum Gasteiger partial charge on any atom is -0.496 e. The SMILES string of the molecule is COc1cc(C)cc(C)c1C(NN)C1CN2CCN1CC2. The lowest BCUT2D eigenvalue weighted by Gasteiger charge is -2.50. The molecule has 1 aromatic rings. The van der Waals surface area contributed by atoms with Gasteiger partial charge in [0.2, 0.25) is 0 Å². The quantitative estimate of drug-likeness (QED) is 0.635. The Hall–Kier alpha value is -1.14. The largest absolute Gasteiger partial charge is 0.496 e. The van der Waals surface area contributed by atoms with Gasteiger partial charge in [0.25, 0.3) is 0 Å². The number of hydrogen-bond donors (Lipinski definition) is 2. The van der Waals surface area contributed by atoms with Gasteiger partial charge in [-0.2, -0.15) is 0 Å². The minimum atomic E-state index is 0.101. The molecule has 3 heterocycles. The van der Waals surface area contributed by atoms with Crippen molar-refractivity contribution in [3.8, 4) is 5.75 Å². The number of nitrogens with one attached hydrogen (secondary N) is 1. The van der Waals surface area contributed by atoms with Crippen LogP contribution in [0.5, 0.6) is 5.75 Å². The summed E-state index contributed by atoms with van der Waals surface area (Å²) in [4.78, 5) is 5.09. The monoisotopic (exact) mass is 290 g/mol. The summed E-state index contributed by atoms with van der Waals surface area (Å²) in [6, 6.07) is 4.82. The van der Waals surface area contributed by atoms with Crippen LogP contribution in [-0.2, 0) is 0 Å². The van der Waals surface area contributed by atoms with Crippen LogP contribution in [0.1, 0.15) is 22.7 Å². The maximum atomic E-state index is 5.95. The van der Waals surface area contributed by atoms with Gasteiger partial charge in [0, 0.05) is 44.3 Å². The van der Waals surface area contributed by atoms with Crippen LogP contribution in [0.2, 0.25) is 0 Å². The Morgan fingerprint density at radius 2 is 1.95 bits per heavy atom. The van der Waals surface area contributed by atoms with E-state index in [0.717, 1.165) is 25.4 Å². The van der Waals surface area contributed by atoms with Crippen molar-refractivity contribution in [3.63, 3.8) is 0 Å². The van der Waals surface area contributed by atoms with Crippen LogP contribution < -0.4 is 16.0 Å². The summed E-state index contributed by atoms with van der Waals surface area (Å²) in [6.45, 7) is 9.95. The van der Waals surface area contributed by atoms with Crippen LogP contribution in [-0.4, -0.2) is 55.7 Å². The first-order valence-electron chi connectivity index (χ1n) is 7.71. The highest BCUT2D eigenvalue weighted by Gasteiger charge is 2.38. The van der Waals surface area contributed by atoms with Crippen LogP contribution in [0.15, 0.2) is 12.1 Å². The molecule has 0 radical (unpaired) electrons. The molecule has 116 valence electrons. The number of rotatable bonds is 4. The van der Waals surface area contributed by atoms with Gasteiger partial charge in [-0.25, -0.2) is 0 Å². The standard InChI is InChI=1S/C16H26N4O/c1-11-8-12(2)15(14(9-11)21-3)16(18-17)13-10-19-4-6-20(13)7-5-19/h8-9,13,16,18H,4-7,10,17H2,1-3H3. The van der Waals surface area contributed by atoms with Gasteiger partial charge in [-0.3, -0.25) is 21.1 Å². The summed E-state index contributed by atoms with van der Waals surface area (Å²) in [6.07, 6.45) is 0. The van der Waals surface area contributed by atoms with Gasteiger partial charge < -0.3 is 4.74 Å². The molecule has 3 aliphatic rings. The van der Waals surface area contributed by atoms with Crippen LogP contribution >= 0.6 is 0 Å². The lowest BCUT2D eigenvalue weighted by Crippen LogP contribution is -2.64. The van der Waals surface area contributed by atoms with Crippen molar-refractivity contribution in [3.05, 3.63) is 28.8 Å². The average molecular weight is 290 g/mol. The van der Waals surface area contributed by atoms with E-state index in [4.69, 9.17) is 10.6 Å². The molecule has 2 bridgehead atoms. The Morgan fingerprint density at radius 3 is 2.48 bits per heavy atom. The number of piperazine rings is 3. The van der Waals surface area contributed by atoms with Crippen molar-refractivity contribution in [2.75, 3.05) is 39.8 Å². The molecule has 5 nitrogen and oxygen atoms in total. The first-order chi connectivity index (χ1) is 10.1. The van der Waals surface area contributed by atoms with E-state index in [0.29, 0.717) is 6.04 Å². The molecule has 5 heteroatoms. The molecule has 2 unspecified atom stereocenters. The third kappa shape index (κ3) is 2.66. The van der Waals surface area contributed by atoms with E-state index in [-0.39, 0.29) is 6.04 Å². The highest BCUT2D eigenvalue weighted by Crippen LogP contribution is 2.35. The van der Waals surface area contributed by atoms with Crippen LogP contribution in [0.25, 0.3) is 0 Å². The summed E-state index contributed by atoms with van der Waals surface area (Å²) >= 11 is 0. The zero-order valence-corrected chi connectivity index (χ0v) is 13.2. The highest BCUT2D eigenvalue weighted by atomic mass is 16.5. The molecule has 3 saturated heterocycles. The van der Waals surface area contributed by atoms with Gasteiger partial charge in [-0.05, 0) is 31.0 Å². The maximum Gasteiger partial charge on any atom is 0.124 e. The smallest absolute Gasteiger partial charge is 0.124 e. The number of aryl methyl sites for hydroxylation is 2. The molecule has 0 aliphatic carbocycles. The van der Waals surface area contributed by atoms with Crippen molar-refractivity contribution in [1.29, 1.82) is 0 Å². The predicted molar refractivity (Wildman–Crippen MR) is 84.3 cm³/mol. The van der Waals surface area contributed by atoms with Gasteiger partial charge in [0.1, 0.15) is 5.75 Å². The Kier molecular flexibility index (Phi) is 4.17. The molecule has 3 N–H and O–H groups in total. The van der Waals surface area contributed by atoms with E-state index >= 15 is 0 Å². The molecule has 21 heavy (non-hydrogen) atoms. The number of methoxy groups -OCH3 is 1. The van der Waals surface area contributed by atoms with Gasteiger partial charge in [0.15, 0.2) is 0 Å². The van der Waals surface area contributed by atoms with E-state index in [9.17, 15) is 0 Å². The first-order valence-corrected chi connectivity index (χ1v) is 7.71. The summed E-state index contributed by atoms with van der Waals surface area (Å²) in [5.74, 6) is 6.89. The van der Waals surface area contributed by atoms with Crippen LogP contribution in [0.3, 0.4) is 0 Å². The average Bonchev–Trinajstić information content (AvgIpc) is 2.51. The highest BCUT2D eigenvalue weighted by molar-refractivity contribution is 5.45. The number of ether oxygens (including phenoxy) is 1. The van der Waals surface area contributed by atoms with Crippen LogP contribution in [0.4, 0.5) is 0 Å². The van der Waals surface area contributed by atoms with E-state index in [1.165, 1.54) is 29.8 Å². The Morgan fingerprint density at radius 1 is 1.24 bits per heavy atom. The number of fused-ring (bicyclic) bond motifs is 3. The summed E-state index contributed by atoms with van der Waals surface area (Å²) in [5.41, 5.74) is 6.72. The summed E-state index contributed by atoms with van der Waals surface area (Å²) in [5, 5.41) is 0. The van der Waals surface area contributed by atoms with Gasteiger partial charge in [-0.15, -0.1) is 0 Å². The predicted octanol–water partition coefficient (Wildman–Crippen LogP) is 0.816. The molecule has 0 saturated carbocycles. The van der Waals surface area contributed by atoms with E-state index < -0.39 is 0 Å². The van der Waals surface area contributed by atoms with E-state index in [1.807, 2.05) is 0 Å². The molecular weight excluding hydrogens is 264 g/mol. The molecule has 3 fully saturated rings. The Balaban J connectivity index is 1.97. The van der Waals surface area contributed by atoms with Crippen molar-refractivity contribution >= 4 is 0 Å². The number of nitrogens with two attached hydrogens (primary N) is 1. The second kappa shape index (κ2) is 5.93. The van der Waals surface area contributed by atoms with Crippen molar-refractivity contribution in [1.82, 2.24) is 15.2 Å². The normalized spacial score (nSPS) is 29.4. The lowest BCUT2D eigenvalue weighted by molar-refractivity contribution is -0.00410. The Labute approximate surface area is 127 Å². The summed E-state index contributed by atoms with van der Waals surface area (Å²) in [7, 11) is 1.74. The molecule has 0 spiro atoms. The second-order valence-electron chi connectivity index (χ2n) is 6.25. The molecule has 0 amide bonds. The minimum absolute atomic E-state index is 0.101. The van der Waals surface area contributed by atoms with Crippen molar-refractivity contribution in [2.24, 2.45) is 5.84 Å². The fourth-order valence-electron chi connectivity index (χ4n) is 3.87. The molecule has 3 aliphatic heterocycles. The number of benzene rings is 1. The second-order valence-corrected chi connectivity index (χ2v) is 6.25. The number of hydrazine groups is 1. The van der Waals surface area contributed by atoms with Gasteiger partial charge in [0.05, 0.1) is 13.2 Å². The lowest BCUT2D eigenvalue weighted by atomic mass is 9.90. The fraction of sp³-hybridized carbons (Fsp3) is 0.625. The fourth-order valence-corrected chi connectivity index (χ4v) is 3.87. The zero-order chi connectivity index (χ0) is 15.0. The Bertz CT molecular complexity index is 511. The van der Waals surface area contributed by atoms with Gasteiger partial charge in [-0.1, -0.05) is 6.07 Å². The summed E-state index contributed by atoms with van der Waals surface area (Å²) < 4.78 is 5.63. The molecule has 2 atom stereocenters. The molecule has 1 aromatic carbocycles. The van der Waals surface area contributed by atoms with Crippen molar-refractivity contribution < 1.29 is 4.74 Å².